The highest BCUT2D eigenvalue weighted by Gasteiger charge is 2.38. The van der Waals surface area contributed by atoms with Crippen LogP contribution < -0.4 is 0 Å². The minimum Gasteiger partial charge on any atom is -0.457 e. The molecule has 0 amide bonds. The standard InChI is InChI=1S/C56H40O6S4.2C2H4/c1-35-21-25-39(26-22-35)63-45-29-31-47(65-43-19-11-9-17-41(43)55(59)61-33-37-13-5-3-6-14-37)51-49(45)53(57)52-48(32-30-46(50(52)54(51)58)64-40-27-23-36(2)24-28-40)66-44-20-12-10-18-42(44)56(60)62-34-38-15-7-4-8-16-38;2*1-2/h3-32H,33-34H2,1-2H3;2*1-2H2. The molecular formula is C60H48O6S4. The summed E-state index contributed by atoms with van der Waals surface area (Å²) < 4.78 is 11.5. The van der Waals surface area contributed by atoms with Crippen LogP contribution in [0.25, 0.3) is 0 Å². The summed E-state index contributed by atoms with van der Waals surface area (Å²) in [5.41, 5.74) is 5.68. The molecule has 348 valence electrons. The van der Waals surface area contributed by atoms with Gasteiger partial charge >= 0.3 is 11.9 Å². The topological polar surface area (TPSA) is 86.7 Å². The number of hydrogen-bond acceptors (Lipinski definition) is 10. The number of carbonyl (C=O) groups excluding carboxylic acids is 4. The van der Waals surface area contributed by atoms with Crippen molar-refractivity contribution in [2.45, 2.75) is 66.2 Å². The Morgan fingerprint density at radius 1 is 0.371 bits per heavy atom. The SMILES string of the molecule is C=C.C=C.Cc1ccc(Sc2ccc(Sc3ccccc3C(=O)OCc3ccccc3)c3c2C(=O)c2c(Sc4ccccc4C(=O)OCc4ccccc4)ccc(Sc4ccc(C)cc4)c2C3=O)cc1. The molecule has 6 nitrogen and oxygen atoms in total. The fourth-order valence-electron chi connectivity index (χ4n) is 7.37. The van der Waals surface area contributed by atoms with Crippen molar-refractivity contribution in [3.8, 4) is 0 Å². The third-order valence-corrected chi connectivity index (χ3v) is 15.2. The Morgan fingerprint density at radius 2 is 0.671 bits per heavy atom. The van der Waals surface area contributed by atoms with E-state index in [1.807, 2.05) is 172 Å². The molecule has 0 aromatic heterocycles. The van der Waals surface area contributed by atoms with Crippen molar-refractivity contribution in [2.75, 3.05) is 0 Å². The van der Waals surface area contributed by atoms with E-state index >= 15 is 9.59 Å². The molecule has 9 rings (SSSR count). The van der Waals surface area contributed by atoms with Gasteiger partial charge in [0.1, 0.15) is 13.2 Å². The van der Waals surface area contributed by atoms with Crippen molar-refractivity contribution in [3.63, 3.8) is 0 Å². The summed E-state index contributed by atoms with van der Waals surface area (Å²) in [6, 6.07) is 56.8. The van der Waals surface area contributed by atoms with Crippen LogP contribution >= 0.6 is 47.0 Å². The summed E-state index contributed by atoms with van der Waals surface area (Å²) in [6.45, 7) is 16.2. The first-order valence-corrected chi connectivity index (χ1v) is 25.3. The van der Waals surface area contributed by atoms with Crippen molar-refractivity contribution in [2.24, 2.45) is 0 Å². The number of fused-ring (bicyclic) bond motifs is 2. The highest BCUT2D eigenvalue weighted by atomic mass is 32.2. The Bertz CT molecular complexity index is 2940. The van der Waals surface area contributed by atoms with E-state index in [1.165, 1.54) is 47.0 Å². The van der Waals surface area contributed by atoms with Crippen LogP contribution in [-0.2, 0) is 22.7 Å². The maximum Gasteiger partial charge on any atom is 0.339 e. The number of hydrogen-bond donors (Lipinski definition) is 0. The second kappa shape index (κ2) is 24.5. The summed E-state index contributed by atoms with van der Waals surface area (Å²) in [6.07, 6.45) is 0. The summed E-state index contributed by atoms with van der Waals surface area (Å²) in [5.74, 6) is -1.63. The molecule has 1 aliphatic carbocycles. The molecular weight excluding hydrogens is 945 g/mol. The molecule has 70 heavy (non-hydrogen) atoms. The minimum absolute atomic E-state index is 0.101. The van der Waals surface area contributed by atoms with Gasteiger partial charge in [0.25, 0.3) is 0 Å². The molecule has 8 aromatic rings. The van der Waals surface area contributed by atoms with Crippen molar-refractivity contribution in [3.05, 3.63) is 264 Å². The lowest BCUT2D eigenvalue weighted by molar-refractivity contribution is 0.0460. The van der Waals surface area contributed by atoms with Gasteiger partial charge < -0.3 is 9.47 Å². The molecule has 0 heterocycles. The second-order valence-corrected chi connectivity index (χ2v) is 19.8. The van der Waals surface area contributed by atoms with Crippen molar-refractivity contribution >= 4 is 70.6 Å². The lowest BCUT2D eigenvalue weighted by Gasteiger charge is -2.26. The number of aryl methyl sites for hydroxylation is 2. The zero-order chi connectivity index (χ0) is 49.6. The number of carbonyl (C=O) groups is 4. The lowest BCUT2D eigenvalue weighted by Crippen LogP contribution is -2.24. The molecule has 0 saturated carbocycles. The molecule has 0 atom stereocenters. The van der Waals surface area contributed by atoms with Crippen LogP contribution in [0.1, 0.15) is 74.8 Å². The zero-order valence-electron chi connectivity index (χ0n) is 38.6. The van der Waals surface area contributed by atoms with Crippen LogP contribution in [0, 0.1) is 13.8 Å². The molecule has 0 unspecified atom stereocenters. The number of ether oxygens (including phenoxy) is 2. The summed E-state index contributed by atoms with van der Waals surface area (Å²) >= 11 is 5.35. The average Bonchev–Trinajstić information content (AvgIpc) is 3.40. The Labute approximate surface area is 426 Å². The van der Waals surface area contributed by atoms with Gasteiger partial charge in [0.05, 0.1) is 11.1 Å². The number of ketones is 2. The first kappa shape index (κ1) is 50.8. The fourth-order valence-corrected chi connectivity index (χ4v) is 11.4. The van der Waals surface area contributed by atoms with Crippen LogP contribution in [-0.4, -0.2) is 23.5 Å². The van der Waals surface area contributed by atoms with Gasteiger partial charge in [-0.3, -0.25) is 9.59 Å². The lowest BCUT2D eigenvalue weighted by atomic mass is 9.84. The maximum atomic E-state index is 15.7. The number of benzene rings is 8. The third kappa shape index (κ3) is 12.0. The predicted molar refractivity (Wildman–Crippen MR) is 285 cm³/mol. The molecule has 0 spiro atoms. The molecule has 0 radical (unpaired) electrons. The van der Waals surface area contributed by atoms with Gasteiger partial charge in [-0.15, -0.1) is 26.3 Å². The Hall–Kier alpha value is -7.08. The van der Waals surface area contributed by atoms with Crippen LogP contribution in [0.5, 0.6) is 0 Å². The van der Waals surface area contributed by atoms with Crippen LogP contribution in [0.15, 0.2) is 247 Å². The van der Waals surface area contributed by atoms with E-state index in [0.717, 1.165) is 32.0 Å². The molecule has 1 aliphatic rings. The Balaban J connectivity index is 0.00000176. The van der Waals surface area contributed by atoms with E-state index in [1.54, 1.807) is 24.3 Å². The quantitative estimate of drug-likeness (QED) is 0.0775. The molecule has 0 saturated heterocycles. The monoisotopic (exact) mass is 992 g/mol. The second-order valence-electron chi connectivity index (χ2n) is 15.4. The van der Waals surface area contributed by atoms with Crippen LogP contribution in [0.4, 0.5) is 0 Å². The van der Waals surface area contributed by atoms with Gasteiger partial charge in [0, 0.05) is 61.4 Å². The largest absolute Gasteiger partial charge is 0.457 e. The van der Waals surface area contributed by atoms with Gasteiger partial charge in [0.15, 0.2) is 11.6 Å². The average molecular weight is 993 g/mol. The predicted octanol–water partition coefficient (Wildman–Crippen LogP) is 16.0. The molecule has 10 heteroatoms. The van der Waals surface area contributed by atoms with Crippen molar-refractivity contribution in [1.82, 2.24) is 0 Å². The molecule has 0 aliphatic heterocycles. The molecule has 0 bridgehead atoms. The van der Waals surface area contributed by atoms with Gasteiger partial charge in [-0.25, -0.2) is 9.59 Å². The highest BCUT2D eigenvalue weighted by Crippen LogP contribution is 2.49. The van der Waals surface area contributed by atoms with Gasteiger partial charge in [-0.2, -0.15) is 0 Å². The van der Waals surface area contributed by atoms with E-state index in [-0.39, 0.29) is 47.0 Å². The summed E-state index contributed by atoms with van der Waals surface area (Å²) in [4.78, 5) is 64.0. The number of esters is 2. The van der Waals surface area contributed by atoms with Crippen LogP contribution in [0.3, 0.4) is 0 Å². The van der Waals surface area contributed by atoms with E-state index in [4.69, 9.17) is 9.47 Å². The normalized spacial score (nSPS) is 11.2. The van der Waals surface area contributed by atoms with Gasteiger partial charge in [-0.1, -0.05) is 167 Å². The van der Waals surface area contributed by atoms with Crippen molar-refractivity contribution in [1.29, 1.82) is 0 Å². The van der Waals surface area contributed by atoms with E-state index in [2.05, 4.69) is 26.3 Å². The Morgan fingerprint density at radius 3 is 1.01 bits per heavy atom. The fraction of sp³-hybridized carbons (Fsp3) is 0.0667. The van der Waals surface area contributed by atoms with Crippen molar-refractivity contribution < 1.29 is 28.7 Å². The van der Waals surface area contributed by atoms with E-state index in [9.17, 15) is 9.59 Å². The maximum absolute atomic E-state index is 15.7. The van der Waals surface area contributed by atoms with E-state index in [0.29, 0.717) is 40.5 Å². The third-order valence-electron chi connectivity index (χ3n) is 10.7. The minimum atomic E-state index is -0.502. The highest BCUT2D eigenvalue weighted by molar-refractivity contribution is 8.00. The van der Waals surface area contributed by atoms with Gasteiger partial charge in [0.2, 0.25) is 0 Å². The van der Waals surface area contributed by atoms with Gasteiger partial charge in [-0.05, 0) is 97.8 Å². The summed E-state index contributed by atoms with van der Waals surface area (Å²) in [5, 5.41) is 0. The first-order valence-electron chi connectivity index (χ1n) is 22.1. The smallest absolute Gasteiger partial charge is 0.339 e. The molecule has 0 N–H and O–H groups in total. The Kier molecular flexibility index (Phi) is 17.7. The van der Waals surface area contributed by atoms with Crippen LogP contribution in [0.2, 0.25) is 0 Å². The molecule has 8 aromatic carbocycles. The number of rotatable bonds is 14. The van der Waals surface area contributed by atoms with E-state index < -0.39 is 11.9 Å². The first-order chi connectivity index (χ1) is 34.2. The summed E-state index contributed by atoms with van der Waals surface area (Å²) in [7, 11) is 0. The zero-order valence-corrected chi connectivity index (χ0v) is 41.9. The molecule has 0 fully saturated rings.